The number of nitrogens with one attached hydrogen (secondary N) is 1. The van der Waals surface area contributed by atoms with Crippen LogP contribution in [0.1, 0.15) is 28.1 Å². The van der Waals surface area contributed by atoms with Crippen LogP contribution in [-0.2, 0) is 19.6 Å². The van der Waals surface area contributed by atoms with E-state index in [1.807, 2.05) is 56.3 Å². The minimum Gasteiger partial charge on any atom is -0.493 e. The molecule has 0 fully saturated rings. The molecule has 0 atom stereocenters. The van der Waals surface area contributed by atoms with Gasteiger partial charge in [0.1, 0.15) is 12.4 Å². The lowest BCUT2D eigenvalue weighted by Crippen LogP contribution is -2.17. The van der Waals surface area contributed by atoms with Crippen molar-refractivity contribution in [2.45, 2.75) is 33.4 Å². The molecule has 1 aromatic heterocycles. The number of rotatable bonds is 9. The SMILES string of the molecule is COc1ccc(CNCCc2c(C)noc2C)cc1OCc1ccccc1. The third-order valence-electron chi connectivity index (χ3n) is 4.53. The molecule has 0 aliphatic heterocycles. The van der Waals surface area contributed by atoms with Crippen molar-refractivity contribution < 1.29 is 14.0 Å². The second-order valence-electron chi connectivity index (χ2n) is 6.49. The highest BCUT2D eigenvalue weighted by Gasteiger charge is 2.09. The van der Waals surface area contributed by atoms with Gasteiger partial charge in [-0.3, -0.25) is 0 Å². The summed E-state index contributed by atoms with van der Waals surface area (Å²) in [6.45, 7) is 6.06. The van der Waals surface area contributed by atoms with Crippen LogP contribution in [-0.4, -0.2) is 18.8 Å². The van der Waals surface area contributed by atoms with E-state index >= 15 is 0 Å². The maximum atomic E-state index is 5.98. The summed E-state index contributed by atoms with van der Waals surface area (Å²) in [5.41, 5.74) is 4.43. The second kappa shape index (κ2) is 9.24. The molecular weight excluding hydrogens is 340 g/mol. The summed E-state index contributed by atoms with van der Waals surface area (Å²) >= 11 is 0. The van der Waals surface area contributed by atoms with Crippen LogP contribution in [0.5, 0.6) is 11.5 Å². The van der Waals surface area contributed by atoms with E-state index in [1.165, 1.54) is 5.56 Å². The highest BCUT2D eigenvalue weighted by Crippen LogP contribution is 2.29. The normalized spacial score (nSPS) is 10.8. The molecule has 0 bridgehead atoms. The number of benzene rings is 2. The number of hydrogen-bond donors (Lipinski definition) is 1. The van der Waals surface area contributed by atoms with Crippen LogP contribution in [0.4, 0.5) is 0 Å². The van der Waals surface area contributed by atoms with E-state index in [2.05, 4.69) is 16.5 Å². The van der Waals surface area contributed by atoms with Gasteiger partial charge in [0.05, 0.1) is 12.8 Å². The molecule has 1 N–H and O–H groups in total. The molecule has 5 nitrogen and oxygen atoms in total. The number of methoxy groups -OCH3 is 1. The van der Waals surface area contributed by atoms with E-state index in [0.29, 0.717) is 6.61 Å². The Bertz CT molecular complexity index is 840. The van der Waals surface area contributed by atoms with E-state index < -0.39 is 0 Å². The fourth-order valence-electron chi connectivity index (χ4n) is 2.98. The predicted octanol–water partition coefficient (Wildman–Crippen LogP) is 4.21. The largest absolute Gasteiger partial charge is 0.493 e. The molecule has 0 amide bonds. The maximum absolute atomic E-state index is 5.98. The van der Waals surface area contributed by atoms with Gasteiger partial charge in [-0.05, 0) is 50.1 Å². The molecule has 0 unspecified atom stereocenters. The van der Waals surface area contributed by atoms with E-state index in [0.717, 1.165) is 53.6 Å². The fraction of sp³-hybridized carbons (Fsp3) is 0.318. The van der Waals surface area contributed by atoms with Gasteiger partial charge < -0.3 is 19.3 Å². The zero-order valence-electron chi connectivity index (χ0n) is 16.1. The molecule has 5 heteroatoms. The van der Waals surface area contributed by atoms with Crippen molar-refractivity contribution in [3.63, 3.8) is 0 Å². The smallest absolute Gasteiger partial charge is 0.161 e. The van der Waals surface area contributed by atoms with Crippen molar-refractivity contribution in [2.24, 2.45) is 0 Å². The molecule has 27 heavy (non-hydrogen) atoms. The Balaban J connectivity index is 1.56. The van der Waals surface area contributed by atoms with Crippen LogP contribution in [0.25, 0.3) is 0 Å². The number of aromatic nitrogens is 1. The quantitative estimate of drug-likeness (QED) is 0.575. The molecule has 0 spiro atoms. The number of nitrogens with zero attached hydrogens (tertiary/aromatic N) is 1. The summed E-state index contributed by atoms with van der Waals surface area (Å²) in [5.74, 6) is 2.40. The minimum absolute atomic E-state index is 0.514. The average Bonchev–Trinajstić information content (AvgIpc) is 3.02. The first kappa shape index (κ1) is 19.0. The third kappa shape index (κ3) is 5.11. The van der Waals surface area contributed by atoms with E-state index in [9.17, 15) is 0 Å². The summed E-state index contributed by atoms with van der Waals surface area (Å²) in [7, 11) is 1.66. The van der Waals surface area contributed by atoms with Gasteiger partial charge in [-0.25, -0.2) is 0 Å². The number of hydrogen-bond acceptors (Lipinski definition) is 5. The first-order valence-corrected chi connectivity index (χ1v) is 9.13. The third-order valence-corrected chi connectivity index (χ3v) is 4.53. The Morgan fingerprint density at radius 3 is 2.52 bits per heavy atom. The minimum atomic E-state index is 0.514. The average molecular weight is 366 g/mol. The first-order valence-electron chi connectivity index (χ1n) is 9.13. The van der Waals surface area contributed by atoms with Crippen LogP contribution in [0.15, 0.2) is 53.1 Å². The van der Waals surface area contributed by atoms with Crippen LogP contribution < -0.4 is 14.8 Å². The van der Waals surface area contributed by atoms with Crippen molar-refractivity contribution >= 4 is 0 Å². The highest BCUT2D eigenvalue weighted by molar-refractivity contribution is 5.43. The molecule has 2 aromatic carbocycles. The van der Waals surface area contributed by atoms with E-state index in [1.54, 1.807) is 7.11 Å². The van der Waals surface area contributed by atoms with Crippen LogP contribution in [0.3, 0.4) is 0 Å². The summed E-state index contributed by atoms with van der Waals surface area (Å²) in [6, 6.07) is 16.1. The van der Waals surface area contributed by atoms with Crippen molar-refractivity contribution in [1.82, 2.24) is 10.5 Å². The first-order chi connectivity index (χ1) is 13.2. The molecule has 0 saturated heterocycles. The number of aryl methyl sites for hydroxylation is 2. The lowest BCUT2D eigenvalue weighted by atomic mass is 10.1. The Hall–Kier alpha value is -2.79. The van der Waals surface area contributed by atoms with Crippen LogP contribution in [0.2, 0.25) is 0 Å². The summed E-state index contributed by atoms with van der Waals surface area (Å²) in [5, 5.41) is 7.46. The summed E-state index contributed by atoms with van der Waals surface area (Å²) in [4.78, 5) is 0. The lowest BCUT2D eigenvalue weighted by molar-refractivity contribution is 0.284. The van der Waals surface area contributed by atoms with E-state index in [4.69, 9.17) is 14.0 Å². The molecule has 3 aromatic rings. The zero-order valence-corrected chi connectivity index (χ0v) is 16.1. The van der Waals surface area contributed by atoms with Crippen molar-refractivity contribution in [3.05, 3.63) is 76.7 Å². The molecule has 0 aliphatic carbocycles. The monoisotopic (exact) mass is 366 g/mol. The molecule has 142 valence electrons. The number of ether oxygens (including phenoxy) is 2. The van der Waals surface area contributed by atoms with Gasteiger partial charge in [0.2, 0.25) is 0 Å². The van der Waals surface area contributed by atoms with Gasteiger partial charge in [0.15, 0.2) is 11.5 Å². The van der Waals surface area contributed by atoms with Crippen molar-refractivity contribution in [1.29, 1.82) is 0 Å². The van der Waals surface area contributed by atoms with Gasteiger partial charge in [-0.15, -0.1) is 0 Å². The Kier molecular flexibility index (Phi) is 6.49. The van der Waals surface area contributed by atoms with Gasteiger partial charge in [-0.2, -0.15) is 0 Å². The lowest BCUT2D eigenvalue weighted by Gasteiger charge is -2.13. The molecule has 0 aliphatic rings. The predicted molar refractivity (Wildman–Crippen MR) is 105 cm³/mol. The van der Waals surface area contributed by atoms with Crippen LogP contribution in [0, 0.1) is 13.8 Å². The molecule has 3 rings (SSSR count). The molecule has 0 saturated carbocycles. The van der Waals surface area contributed by atoms with E-state index in [-0.39, 0.29) is 0 Å². The van der Waals surface area contributed by atoms with Crippen LogP contribution >= 0.6 is 0 Å². The summed E-state index contributed by atoms with van der Waals surface area (Å²) in [6.07, 6.45) is 0.898. The maximum Gasteiger partial charge on any atom is 0.161 e. The van der Waals surface area contributed by atoms with Gasteiger partial charge in [0.25, 0.3) is 0 Å². The highest BCUT2D eigenvalue weighted by atomic mass is 16.5. The van der Waals surface area contributed by atoms with Gasteiger partial charge in [-0.1, -0.05) is 41.6 Å². The molecule has 0 radical (unpaired) electrons. The second-order valence-corrected chi connectivity index (χ2v) is 6.49. The Labute approximate surface area is 160 Å². The molecular formula is C22H26N2O3. The fourth-order valence-corrected chi connectivity index (χ4v) is 2.98. The summed E-state index contributed by atoms with van der Waals surface area (Å²) < 4.78 is 16.6. The molecule has 1 heterocycles. The standard InChI is InChI=1S/C22H26N2O3/c1-16-20(17(2)27-24-16)11-12-23-14-19-9-10-21(25-3)22(13-19)26-15-18-7-5-4-6-8-18/h4-10,13,23H,11-12,14-15H2,1-3H3. The van der Waals surface area contributed by atoms with Crippen molar-refractivity contribution in [2.75, 3.05) is 13.7 Å². The Morgan fingerprint density at radius 1 is 1.00 bits per heavy atom. The van der Waals surface area contributed by atoms with Gasteiger partial charge >= 0.3 is 0 Å². The Morgan fingerprint density at radius 2 is 1.81 bits per heavy atom. The van der Waals surface area contributed by atoms with Gasteiger partial charge in [0, 0.05) is 12.1 Å². The van der Waals surface area contributed by atoms with Crippen molar-refractivity contribution in [3.8, 4) is 11.5 Å². The zero-order chi connectivity index (χ0) is 19.1. The topological polar surface area (TPSA) is 56.5 Å².